The van der Waals surface area contributed by atoms with Crippen LogP contribution in [0.25, 0.3) is 0 Å². The van der Waals surface area contributed by atoms with Crippen LogP contribution < -0.4 is 0 Å². The van der Waals surface area contributed by atoms with Crippen molar-refractivity contribution in [3.8, 4) is 0 Å². The Kier molecular flexibility index (Phi) is 6.28. The molecule has 0 saturated carbocycles. The number of allylic oxidation sites excluding steroid dienone is 2. The minimum absolute atomic E-state index is 0.187. The maximum Gasteiger partial charge on any atom is 0.261 e. The third-order valence-electron chi connectivity index (χ3n) is 3.79. The van der Waals surface area contributed by atoms with Gasteiger partial charge in [-0.25, -0.2) is 0 Å². The van der Waals surface area contributed by atoms with Crippen molar-refractivity contribution in [1.82, 2.24) is 4.90 Å². The van der Waals surface area contributed by atoms with E-state index in [-0.39, 0.29) is 17.6 Å². The van der Waals surface area contributed by atoms with Crippen molar-refractivity contribution >= 4 is 33.5 Å². The van der Waals surface area contributed by atoms with Crippen molar-refractivity contribution in [3.63, 3.8) is 0 Å². The predicted molar refractivity (Wildman–Crippen MR) is 92.6 cm³/mol. The number of hydrogen-bond donors (Lipinski definition) is 0. The number of fused-ring (bicyclic) bond motifs is 1. The number of halogens is 1. The summed E-state index contributed by atoms with van der Waals surface area (Å²) in [7, 11) is 0. The zero-order chi connectivity index (χ0) is 16.8. The van der Waals surface area contributed by atoms with E-state index in [2.05, 4.69) is 15.9 Å². The van der Waals surface area contributed by atoms with Crippen LogP contribution in [0.1, 0.15) is 59.7 Å². The topological polar surface area (TPSA) is 54.5 Å². The van der Waals surface area contributed by atoms with E-state index in [0.29, 0.717) is 24.1 Å². The van der Waals surface area contributed by atoms with Crippen LogP contribution in [0.2, 0.25) is 0 Å². The molecule has 1 aromatic rings. The number of amides is 2. The molecular formula is C18H20BrNO3. The first kappa shape index (κ1) is 17.6. The molecule has 0 aromatic heterocycles. The van der Waals surface area contributed by atoms with E-state index < -0.39 is 0 Å². The van der Waals surface area contributed by atoms with Gasteiger partial charge in [0.2, 0.25) is 0 Å². The number of rotatable bonds is 8. The number of unbranched alkanes of at least 4 members (excludes halogenated alkanes) is 1. The fourth-order valence-corrected chi connectivity index (χ4v) is 3.05. The fraction of sp³-hybridized carbons (Fsp3) is 0.389. The maximum absolute atomic E-state index is 12.2. The van der Waals surface area contributed by atoms with E-state index in [1.54, 1.807) is 31.2 Å². The Hall–Kier alpha value is -1.75. The third-order valence-corrected chi connectivity index (χ3v) is 4.51. The number of Topliss-reactive ketones (excluding diaryl/α,β-unsaturated/α-hetero) is 1. The lowest BCUT2D eigenvalue weighted by Gasteiger charge is -2.13. The van der Waals surface area contributed by atoms with Crippen molar-refractivity contribution in [2.75, 3.05) is 6.54 Å². The molecule has 0 atom stereocenters. The summed E-state index contributed by atoms with van der Waals surface area (Å²) in [6.07, 6.45) is 5.81. The minimum atomic E-state index is -0.193. The Morgan fingerprint density at radius 2 is 1.70 bits per heavy atom. The van der Waals surface area contributed by atoms with Crippen LogP contribution >= 0.6 is 15.9 Å². The van der Waals surface area contributed by atoms with Crippen molar-refractivity contribution < 1.29 is 14.4 Å². The summed E-state index contributed by atoms with van der Waals surface area (Å²) >= 11 is 3.49. The molecule has 2 rings (SSSR count). The molecule has 0 bridgehead atoms. The number of nitrogens with zero attached hydrogens (tertiary/aromatic N) is 1. The zero-order valence-electron chi connectivity index (χ0n) is 13.2. The molecule has 0 unspecified atom stereocenters. The van der Waals surface area contributed by atoms with E-state index in [1.807, 2.05) is 6.08 Å². The molecule has 0 N–H and O–H groups in total. The van der Waals surface area contributed by atoms with Crippen LogP contribution in [0.5, 0.6) is 0 Å². The second-order valence-corrected chi connectivity index (χ2v) is 6.67. The number of carbonyl (C=O) groups is 3. The summed E-state index contributed by atoms with van der Waals surface area (Å²) in [4.78, 5) is 36.6. The molecule has 1 aliphatic rings. The van der Waals surface area contributed by atoms with E-state index in [9.17, 15) is 14.4 Å². The maximum atomic E-state index is 12.2. The molecule has 4 nitrogen and oxygen atoms in total. The molecule has 5 heteroatoms. The normalized spacial score (nSPS) is 14.3. The molecule has 0 saturated heterocycles. The van der Waals surface area contributed by atoms with Crippen molar-refractivity contribution in [1.29, 1.82) is 0 Å². The molecule has 1 heterocycles. The van der Waals surface area contributed by atoms with Crippen molar-refractivity contribution in [2.45, 2.75) is 39.0 Å². The Bertz CT molecular complexity index is 616. The largest absolute Gasteiger partial charge is 0.300 e. The van der Waals surface area contributed by atoms with Gasteiger partial charge < -0.3 is 4.79 Å². The fourth-order valence-electron chi connectivity index (χ4n) is 2.54. The van der Waals surface area contributed by atoms with Gasteiger partial charge in [-0.2, -0.15) is 0 Å². The van der Waals surface area contributed by atoms with E-state index in [0.717, 1.165) is 30.2 Å². The van der Waals surface area contributed by atoms with Gasteiger partial charge in [0.05, 0.1) is 11.1 Å². The Morgan fingerprint density at radius 3 is 2.26 bits per heavy atom. The van der Waals surface area contributed by atoms with Gasteiger partial charge in [-0.15, -0.1) is 0 Å². The van der Waals surface area contributed by atoms with Crippen LogP contribution in [-0.2, 0) is 4.79 Å². The SMILES string of the molecule is CC(=O)CC/C=C(\Br)CCCCN1C(=O)c2ccccc2C1=O. The van der Waals surface area contributed by atoms with Gasteiger partial charge in [0.25, 0.3) is 11.8 Å². The van der Waals surface area contributed by atoms with Crippen LogP contribution in [-0.4, -0.2) is 29.0 Å². The molecule has 0 aliphatic carbocycles. The van der Waals surface area contributed by atoms with Gasteiger partial charge in [-0.05, 0) is 49.2 Å². The smallest absolute Gasteiger partial charge is 0.261 e. The molecule has 2 amide bonds. The first-order chi connectivity index (χ1) is 11.0. The second kappa shape index (κ2) is 8.20. The number of ketones is 1. The molecular weight excluding hydrogens is 358 g/mol. The monoisotopic (exact) mass is 377 g/mol. The van der Waals surface area contributed by atoms with E-state index in [4.69, 9.17) is 0 Å². The lowest BCUT2D eigenvalue weighted by molar-refractivity contribution is -0.116. The Balaban J connectivity index is 1.76. The van der Waals surface area contributed by atoms with Gasteiger partial charge in [-0.3, -0.25) is 14.5 Å². The Morgan fingerprint density at radius 1 is 1.09 bits per heavy atom. The third kappa shape index (κ3) is 4.61. The summed E-state index contributed by atoms with van der Waals surface area (Å²) in [5, 5.41) is 0. The molecule has 1 aliphatic heterocycles. The van der Waals surface area contributed by atoms with Crippen molar-refractivity contribution in [3.05, 3.63) is 46.0 Å². The van der Waals surface area contributed by atoms with Crippen LogP contribution in [0.4, 0.5) is 0 Å². The summed E-state index contributed by atoms with van der Waals surface area (Å²) in [5.41, 5.74) is 1.01. The first-order valence-corrected chi connectivity index (χ1v) is 8.59. The first-order valence-electron chi connectivity index (χ1n) is 7.80. The highest BCUT2D eigenvalue weighted by Crippen LogP contribution is 2.23. The van der Waals surface area contributed by atoms with Gasteiger partial charge in [0.15, 0.2) is 0 Å². The van der Waals surface area contributed by atoms with E-state index in [1.165, 1.54) is 4.90 Å². The average molecular weight is 378 g/mol. The highest BCUT2D eigenvalue weighted by atomic mass is 79.9. The van der Waals surface area contributed by atoms with Gasteiger partial charge in [0, 0.05) is 13.0 Å². The zero-order valence-corrected chi connectivity index (χ0v) is 14.8. The van der Waals surface area contributed by atoms with Gasteiger partial charge in [-0.1, -0.05) is 34.1 Å². The molecule has 122 valence electrons. The summed E-state index contributed by atoms with van der Waals surface area (Å²) in [6.45, 7) is 2.03. The number of imide groups is 1. The van der Waals surface area contributed by atoms with Crippen LogP contribution in [0.3, 0.4) is 0 Å². The second-order valence-electron chi connectivity index (χ2n) is 5.66. The standard InChI is InChI=1S/C18H20BrNO3/c1-13(21)7-6-9-14(19)8-4-5-12-20-17(22)15-10-2-3-11-16(15)18(20)23/h2-3,9-11H,4-8,12H2,1H3/b14-9-. The quantitative estimate of drug-likeness (QED) is 0.506. The minimum Gasteiger partial charge on any atom is -0.300 e. The number of carbonyl (C=O) groups excluding carboxylic acids is 3. The van der Waals surface area contributed by atoms with Gasteiger partial charge in [0.1, 0.15) is 5.78 Å². The predicted octanol–water partition coefficient (Wildman–Crippen LogP) is 4.10. The molecule has 23 heavy (non-hydrogen) atoms. The lowest BCUT2D eigenvalue weighted by Crippen LogP contribution is -2.30. The number of benzene rings is 1. The molecule has 0 radical (unpaired) electrons. The molecule has 0 fully saturated rings. The summed E-state index contributed by atoms with van der Waals surface area (Å²) in [6, 6.07) is 6.95. The molecule has 1 aromatic carbocycles. The average Bonchev–Trinajstić information content (AvgIpc) is 2.76. The van der Waals surface area contributed by atoms with Crippen molar-refractivity contribution in [2.24, 2.45) is 0 Å². The lowest BCUT2D eigenvalue weighted by atomic mass is 10.1. The summed E-state index contributed by atoms with van der Waals surface area (Å²) < 4.78 is 1.07. The summed E-state index contributed by atoms with van der Waals surface area (Å²) in [5.74, 6) is -0.199. The highest BCUT2D eigenvalue weighted by Gasteiger charge is 2.34. The number of hydrogen-bond acceptors (Lipinski definition) is 3. The van der Waals surface area contributed by atoms with Crippen LogP contribution in [0, 0.1) is 0 Å². The molecule has 0 spiro atoms. The van der Waals surface area contributed by atoms with Crippen LogP contribution in [0.15, 0.2) is 34.8 Å². The Labute approximate surface area is 144 Å². The van der Waals surface area contributed by atoms with Gasteiger partial charge >= 0.3 is 0 Å². The van der Waals surface area contributed by atoms with E-state index >= 15 is 0 Å². The highest BCUT2D eigenvalue weighted by molar-refractivity contribution is 9.11.